The number of rotatable bonds is 4. The third kappa shape index (κ3) is 4.46. The maximum Gasteiger partial charge on any atom is 0.222 e. The molecule has 1 aliphatic carbocycles. The number of piperidine rings is 1. The molecule has 0 spiro atoms. The highest BCUT2D eigenvalue weighted by atomic mass is 16.3. The van der Waals surface area contributed by atoms with Gasteiger partial charge in [0.2, 0.25) is 5.91 Å². The van der Waals surface area contributed by atoms with Crippen molar-refractivity contribution in [2.24, 2.45) is 17.6 Å². The molecule has 3 N–H and O–H groups in total. The Kier molecular flexibility index (Phi) is 5.64. The van der Waals surface area contributed by atoms with E-state index in [4.69, 9.17) is 5.73 Å². The van der Waals surface area contributed by atoms with Crippen LogP contribution < -0.4 is 5.73 Å². The lowest BCUT2D eigenvalue weighted by Gasteiger charge is -2.32. The molecule has 19 heavy (non-hydrogen) atoms. The van der Waals surface area contributed by atoms with Crippen molar-refractivity contribution in [1.82, 2.24) is 4.90 Å². The first kappa shape index (κ1) is 14.8. The Balaban J connectivity index is 1.69. The Morgan fingerprint density at radius 1 is 1.16 bits per heavy atom. The van der Waals surface area contributed by atoms with Gasteiger partial charge in [-0.05, 0) is 56.8 Å². The standard InChI is InChI=1S/C15H28N2O2/c16-14-6-3-12(4-7-14)5-8-15(19)17-9-1-2-13(10-17)11-18/h12-14,18H,1-11,16H2. The minimum absolute atomic E-state index is 0.213. The molecule has 1 saturated carbocycles. The van der Waals surface area contributed by atoms with Gasteiger partial charge in [-0.1, -0.05) is 0 Å². The second-order valence-electron chi connectivity index (χ2n) is 6.35. The molecule has 1 heterocycles. The molecule has 0 aromatic heterocycles. The Hall–Kier alpha value is -0.610. The van der Waals surface area contributed by atoms with E-state index in [-0.39, 0.29) is 12.5 Å². The fraction of sp³-hybridized carbons (Fsp3) is 0.933. The van der Waals surface area contributed by atoms with Gasteiger partial charge in [0.1, 0.15) is 0 Å². The summed E-state index contributed by atoms with van der Waals surface area (Å²) in [5.74, 6) is 1.28. The molecule has 4 nitrogen and oxygen atoms in total. The zero-order valence-corrected chi connectivity index (χ0v) is 11.9. The van der Waals surface area contributed by atoms with Crippen LogP contribution in [0.2, 0.25) is 0 Å². The number of aliphatic hydroxyl groups excluding tert-OH is 1. The first-order valence-corrected chi connectivity index (χ1v) is 7.83. The summed E-state index contributed by atoms with van der Waals surface area (Å²) in [6.45, 7) is 1.85. The molecule has 1 atom stereocenters. The van der Waals surface area contributed by atoms with E-state index >= 15 is 0 Å². The number of carbonyl (C=O) groups is 1. The quantitative estimate of drug-likeness (QED) is 0.812. The van der Waals surface area contributed by atoms with Crippen LogP contribution in [0, 0.1) is 11.8 Å². The van der Waals surface area contributed by atoms with Crippen LogP contribution in [0.3, 0.4) is 0 Å². The number of aliphatic hydroxyl groups is 1. The topological polar surface area (TPSA) is 66.6 Å². The Bertz CT molecular complexity index is 288. The molecule has 1 aliphatic heterocycles. The first-order chi connectivity index (χ1) is 9.19. The normalized spacial score (nSPS) is 32.3. The lowest BCUT2D eigenvalue weighted by molar-refractivity contribution is -0.133. The summed E-state index contributed by atoms with van der Waals surface area (Å²) in [4.78, 5) is 14.1. The predicted molar refractivity (Wildman–Crippen MR) is 75.6 cm³/mol. The zero-order valence-electron chi connectivity index (χ0n) is 11.9. The van der Waals surface area contributed by atoms with E-state index < -0.39 is 0 Å². The molecule has 110 valence electrons. The molecular weight excluding hydrogens is 240 g/mol. The van der Waals surface area contributed by atoms with Crippen LogP contribution in [0.4, 0.5) is 0 Å². The monoisotopic (exact) mass is 268 g/mol. The summed E-state index contributed by atoms with van der Waals surface area (Å²) >= 11 is 0. The van der Waals surface area contributed by atoms with Crippen molar-refractivity contribution in [3.05, 3.63) is 0 Å². The molecule has 0 radical (unpaired) electrons. The minimum Gasteiger partial charge on any atom is -0.396 e. The van der Waals surface area contributed by atoms with Crippen LogP contribution >= 0.6 is 0 Å². The van der Waals surface area contributed by atoms with Crippen molar-refractivity contribution in [1.29, 1.82) is 0 Å². The van der Waals surface area contributed by atoms with E-state index in [9.17, 15) is 9.90 Å². The van der Waals surface area contributed by atoms with E-state index in [2.05, 4.69) is 0 Å². The summed E-state index contributed by atoms with van der Waals surface area (Å²) < 4.78 is 0. The second-order valence-corrected chi connectivity index (χ2v) is 6.35. The molecule has 0 bridgehead atoms. The maximum atomic E-state index is 12.2. The molecule has 0 aromatic rings. The summed E-state index contributed by atoms with van der Waals surface area (Å²) in [6, 6.07) is 0.388. The molecule has 4 heteroatoms. The number of nitrogens with two attached hydrogens (primary N) is 1. The minimum atomic E-state index is 0.213. The van der Waals surface area contributed by atoms with Crippen molar-refractivity contribution < 1.29 is 9.90 Å². The van der Waals surface area contributed by atoms with Crippen molar-refractivity contribution in [2.45, 2.75) is 57.4 Å². The number of hydrogen-bond acceptors (Lipinski definition) is 3. The van der Waals surface area contributed by atoms with Crippen molar-refractivity contribution in [2.75, 3.05) is 19.7 Å². The number of carbonyl (C=O) groups excluding carboxylic acids is 1. The fourth-order valence-electron chi connectivity index (χ4n) is 3.40. The zero-order chi connectivity index (χ0) is 13.7. The Labute approximate surface area is 116 Å². The highest BCUT2D eigenvalue weighted by Crippen LogP contribution is 2.27. The van der Waals surface area contributed by atoms with Gasteiger partial charge in [0, 0.05) is 32.2 Å². The summed E-state index contributed by atoms with van der Waals surface area (Å²) in [7, 11) is 0. The number of nitrogens with zero attached hydrogens (tertiary/aromatic N) is 1. The van der Waals surface area contributed by atoms with Gasteiger partial charge < -0.3 is 15.7 Å². The fourth-order valence-corrected chi connectivity index (χ4v) is 3.40. The van der Waals surface area contributed by atoms with Gasteiger partial charge in [0.05, 0.1) is 0 Å². The van der Waals surface area contributed by atoms with E-state index in [1.165, 1.54) is 12.8 Å². The molecule has 1 saturated heterocycles. The van der Waals surface area contributed by atoms with Crippen molar-refractivity contribution >= 4 is 5.91 Å². The van der Waals surface area contributed by atoms with E-state index in [1.54, 1.807) is 0 Å². The first-order valence-electron chi connectivity index (χ1n) is 7.83. The van der Waals surface area contributed by atoms with E-state index in [0.717, 1.165) is 45.2 Å². The van der Waals surface area contributed by atoms with Crippen LogP contribution in [-0.2, 0) is 4.79 Å². The number of hydrogen-bond donors (Lipinski definition) is 2. The SMILES string of the molecule is NC1CCC(CCC(=O)N2CCCC(CO)C2)CC1. The molecule has 1 unspecified atom stereocenters. The van der Waals surface area contributed by atoms with Crippen LogP contribution in [0.1, 0.15) is 51.4 Å². The van der Waals surface area contributed by atoms with E-state index in [0.29, 0.717) is 24.3 Å². The third-order valence-corrected chi connectivity index (χ3v) is 4.79. The van der Waals surface area contributed by atoms with Crippen LogP contribution in [0.25, 0.3) is 0 Å². The predicted octanol–water partition coefficient (Wildman–Crippen LogP) is 1.51. The lowest BCUT2D eigenvalue weighted by atomic mass is 9.83. The van der Waals surface area contributed by atoms with Crippen LogP contribution in [-0.4, -0.2) is 41.7 Å². The second kappa shape index (κ2) is 7.25. The van der Waals surface area contributed by atoms with Crippen LogP contribution in [0.15, 0.2) is 0 Å². The van der Waals surface area contributed by atoms with Gasteiger partial charge in [-0.3, -0.25) is 4.79 Å². The highest BCUT2D eigenvalue weighted by molar-refractivity contribution is 5.76. The molecule has 2 rings (SSSR count). The van der Waals surface area contributed by atoms with Crippen molar-refractivity contribution in [3.63, 3.8) is 0 Å². The van der Waals surface area contributed by atoms with Gasteiger partial charge in [-0.25, -0.2) is 0 Å². The van der Waals surface area contributed by atoms with Gasteiger partial charge in [-0.15, -0.1) is 0 Å². The summed E-state index contributed by atoms with van der Waals surface area (Å²) in [5, 5.41) is 9.20. The Morgan fingerprint density at radius 2 is 1.89 bits per heavy atom. The van der Waals surface area contributed by atoms with Gasteiger partial charge in [0.15, 0.2) is 0 Å². The molecule has 2 fully saturated rings. The number of amides is 1. The average molecular weight is 268 g/mol. The maximum absolute atomic E-state index is 12.2. The van der Waals surface area contributed by atoms with Crippen LogP contribution in [0.5, 0.6) is 0 Å². The number of likely N-dealkylation sites (tertiary alicyclic amines) is 1. The van der Waals surface area contributed by atoms with Gasteiger partial charge in [0.25, 0.3) is 0 Å². The third-order valence-electron chi connectivity index (χ3n) is 4.79. The molecular formula is C15H28N2O2. The molecule has 0 aromatic carbocycles. The Morgan fingerprint density at radius 3 is 2.58 bits per heavy atom. The lowest BCUT2D eigenvalue weighted by Crippen LogP contribution is -2.41. The highest BCUT2D eigenvalue weighted by Gasteiger charge is 2.24. The average Bonchev–Trinajstić information content (AvgIpc) is 2.46. The largest absolute Gasteiger partial charge is 0.396 e. The van der Waals surface area contributed by atoms with Gasteiger partial charge >= 0.3 is 0 Å². The molecule has 2 aliphatic rings. The van der Waals surface area contributed by atoms with Crippen molar-refractivity contribution in [3.8, 4) is 0 Å². The summed E-state index contributed by atoms with van der Waals surface area (Å²) in [5.41, 5.74) is 5.90. The molecule has 1 amide bonds. The summed E-state index contributed by atoms with van der Waals surface area (Å²) in [6.07, 6.45) is 8.41. The smallest absolute Gasteiger partial charge is 0.222 e. The van der Waals surface area contributed by atoms with E-state index in [1.807, 2.05) is 4.90 Å². The van der Waals surface area contributed by atoms with Gasteiger partial charge in [-0.2, -0.15) is 0 Å².